The highest BCUT2D eigenvalue weighted by Gasteiger charge is 2.24. The van der Waals surface area contributed by atoms with Crippen LogP contribution in [0.3, 0.4) is 0 Å². The molecule has 1 unspecified atom stereocenters. The summed E-state index contributed by atoms with van der Waals surface area (Å²) in [4.78, 5) is 11.3. The van der Waals surface area contributed by atoms with Gasteiger partial charge in [0.1, 0.15) is 5.75 Å². The Morgan fingerprint density at radius 3 is 2.43 bits per heavy atom. The fourth-order valence-corrected chi connectivity index (χ4v) is 3.70. The number of unbranched alkanes of at least 4 members (excludes halogenated alkanes) is 1. The Hall–Kier alpha value is -1.21. The van der Waals surface area contributed by atoms with Gasteiger partial charge in [-0.1, -0.05) is 13.3 Å². The van der Waals surface area contributed by atoms with Crippen molar-refractivity contribution in [3.8, 4) is 5.75 Å². The van der Waals surface area contributed by atoms with Gasteiger partial charge >= 0.3 is 0 Å². The average molecular weight is 331 g/mol. The Kier molecular flexibility index (Phi) is 7.04. The fraction of sp³-hybridized carbons (Fsp3) is 0.500. The van der Waals surface area contributed by atoms with Gasteiger partial charge in [-0.15, -0.1) is 0 Å². The Morgan fingerprint density at radius 1 is 1.33 bits per heavy atom. The van der Waals surface area contributed by atoms with Crippen LogP contribution < -0.4 is 10.5 Å². The van der Waals surface area contributed by atoms with Crippen LogP contribution in [0.25, 0.3) is 0 Å². The van der Waals surface area contributed by atoms with E-state index in [0.717, 1.165) is 12.8 Å². The van der Waals surface area contributed by atoms with E-state index in [4.69, 9.17) is 10.5 Å². The molecule has 0 saturated heterocycles. The second-order valence-corrected chi connectivity index (χ2v) is 7.14. The Morgan fingerprint density at radius 2 is 1.95 bits per heavy atom. The molecule has 1 aromatic rings. The predicted octanol–water partition coefficient (Wildman–Crippen LogP) is 1.67. The second-order valence-electron chi connectivity index (χ2n) is 4.74. The number of hydrogen-bond donors (Lipinski definition) is 2. The molecule has 0 aliphatic carbocycles. The number of primary amides is 1. The van der Waals surface area contributed by atoms with E-state index in [1.54, 1.807) is 12.1 Å². The van der Waals surface area contributed by atoms with Crippen LogP contribution >= 0.6 is 12.6 Å². The number of rotatable bonds is 9. The molecule has 2 N–H and O–H groups in total. The number of carbonyl (C=O) groups excluding carboxylic acids is 1. The van der Waals surface area contributed by atoms with E-state index in [1.165, 1.54) is 12.1 Å². The Balaban J connectivity index is 2.77. The highest BCUT2D eigenvalue weighted by molar-refractivity contribution is 7.91. The van der Waals surface area contributed by atoms with Crippen LogP contribution in [0.5, 0.6) is 5.75 Å². The van der Waals surface area contributed by atoms with Crippen LogP contribution in [0.15, 0.2) is 29.2 Å². The van der Waals surface area contributed by atoms with E-state index in [1.807, 2.05) is 0 Å². The molecular weight excluding hydrogens is 310 g/mol. The van der Waals surface area contributed by atoms with Crippen molar-refractivity contribution < 1.29 is 17.9 Å². The van der Waals surface area contributed by atoms with Gasteiger partial charge in [-0.25, -0.2) is 8.42 Å². The molecule has 21 heavy (non-hydrogen) atoms. The Labute approximate surface area is 131 Å². The van der Waals surface area contributed by atoms with Gasteiger partial charge < -0.3 is 10.5 Å². The maximum atomic E-state index is 12.2. The smallest absolute Gasteiger partial charge is 0.222 e. The molecule has 1 rings (SSSR count). The summed E-state index contributed by atoms with van der Waals surface area (Å²) in [6.45, 7) is 2.67. The number of hydrogen-bond acceptors (Lipinski definition) is 5. The van der Waals surface area contributed by atoms with Crippen LogP contribution in [0.1, 0.15) is 19.8 Å². The van der Waals surface area contributed by atoms with Crippen molar-refractivity contribution in [1.82, 2.24) is 0 Å². The van der Waals surface area contributed by atoms with Crippen molar-refractivity contribution in [1.29, 1.82) is 0 Å². The number of ether oxygens (including phenoxy) is 1. The first kappa shape index (κ1) is 17.8. The summed E-state index contributed by atoms with van der Waals surface area (Å²) in [5, 5.41) is 0. The standard InChI is InChI=1S/C14H21NO4S2/c1-2-3-8-19-12-4-6-13(7-5-12)21(17,18)10-11(9-20)14(15)16/h4-7,11,20H,2-3,8-10H2,1H3,(H2,15,16). The van der Waals surface area contributed by atoms with Gasteiger partial charge in [-0.3, -0.25) is 4.79 Å². The minimum absolute atomic E-state index is 0.104. The quantitative estimate of drug-likeness (QED) is 0.532. The number of amides is 1. The third-order valence-corrected chi connectivity index (χ3v) is 5.27. The summed E-state index contributed by atoms with van der Waals surface area (Å²) in [6, 6.07) is 6.19. The number of carbonyl (C=O) groups is 1. The maximum Gasteiger partial charge on any atom is 0.222 e. The lowest BCUT2D eigenvalue weighted by Gasteiger charge is -2.11. The highest BCUT2D eigenvalue weighted by Crippen LogP contribution is 2.19. The lowest BCUT2D eigenvalue weighted by molar-refractivity contribution is -0.120. The first-order chi connectivity index (χ1) is 9.90. The van der Waals surface area contributed by atoms with E-state index in [0.29, 0.717) is 12.4 Å². The molecule has 0 saturated carbocycles. The normalized spacial score (nSPS) is 12.9. The number of benzene rings is 1. The van der Waals surface area contributed by atoms with Crippen LogP contribution in [0.4, 0.5) is 0 Å². The summed E-state index contributed by atoms with van der Waals surface area (Å²) in [7, 11) is -3.56. The summed E-state index contributed by atoms with van der Waals surface area (Å²) in [5.41, 5.74) is 5.15. The van der Waals surface area contributed by atoms with Gasteiger partial charge in [0.15, 0.2) is 9.84 Å². The van der Waals surface area contributed by atoms with Gasteiger partial charge in [0.25, 0.3) is 0 Å². The lowest BCUT2D eigenvalue weighted by atomic mass is 10.2. The first-order valence-electron chi connectivity index (χ1n) is 6.76. The molecule has 0 bridgehead atoms. The fourth-order valence-electron chi connectivity index (χ4n) is 1.66. The summed E-state index contributed by atoms with van der Waals surface area (Å²) < 4.78 is 29.9. The third kappa shape index (κ3) is 5.59. The molecule has 118 valence electrons. The van der Waals surface area contributed by atoms with Gasteiger partial charge in [0.05, 0.1) is 23.2 Å². The lowest BCUT2D eigenvalue weighted by Crippen LogP contribution is -2.31. The number of nitrogens with two attached hydrogens (primary N) is 1. The molecule has 5 nitrogen and oxygen atoms in total. The highest BCUT2D eigenvalue weighted by atomic mass is 32.2. The summed E-state index contributed by atoms with van der Waals surface area (Å²) in [5.74, 6) is -1.05. The zero-order chi connectivity index (χ0) is 15.9. The first-order valence-corrected chi connectivity index (χ1v) is 9.05. The van der Waals surface area contributed by atoms with Crippen molar-refractivity contribution in [2.45, 2.75) is 24.7 Å². The van der Waals surface area contributed by atoms with Gasteiger partial charge in [0.2, 0.25) is 5.91 Å². The van der Waals surface area contributed by atoms with Crippen molar-refractivity contribution in [2.75, 3.05) is 18.1 Å². The molecule has 0 spiro atoms. The van der Waals surface area contributed by atoms with Gasteiger partial charge in [-0.05, 0) is 30.7 Å². The minimum atomic E-state index is -3.56. The minimum Gasteiger partial charge on any atom is -0.494 e. The maximum absolute atomic E-state index is 12.2. The number of sulfone groups is 1. The number of thiol groups is 1. The average Bonchev–Trinajstić information content (AvgIpc) is 2.45. The van der Waals surface area contributed by atoms with Gasteiger partial charge in [0, 0.05) is 5.75 Å². The topological polar surface area (TPSA) is 86.5 Å². The molecular formula is C14H21NO4S2. The zero-order valence-electron chi connectivity index (χ0n) is 12.0. The monoisotopic (exact) mass is 331 g/mol. The molecule has 0 aliphatic heterocycles. The molecule has 1 amide bonds. The molecule has 0 heterocycles. The molecule has 0 radical (unpaired) electrons. The molecule has 0 aromatic heterocycles. The summed E-state index contributed by atoms with van der Waals surface area (Å²) >= 11 is 3.96. The van der Waals surface area contributed by atoms with Crippen molar-refractivity contribution >= 4 is 28.4 Å². The van der Waals surface area contributed by atoms with E-state index in [9.17, 15) is 13.2 Å². The van der Waals surface area contributed by atoms with Crippen molar-refractivity contribution in [3.05, 3.63) is 24.3 Å². The molecule has 0 aliphatic rings. The predicted molar refractivity (Wildman–Crippen MR) is 85.4 cm³/mol. The van der Waals surface area contributed by atoms with Crippen molar-refractivity contribution in [3.63, 3.8) is 0 Å². The SMILES string of the molecule is CCCCOc1ccc(S(=O)(=O)CC(CS)C(N)=O)cc1. The van der Waals surface area contributed by atoms with E-state index >= 15 is 0 Å². The zero-order valence-corrected chi connectivity index (χ0v) is 13.7. The van der Waals surface area contributed by atoms with Crippen LogP contribution in [-0.4, -0.2) is 32.4 Å². The van der Waals surface area contributed by atoms with Crippen LogP contribution in [0, 0.1) is 5.92 Å². The molecule has 0 fully saturated rings. The molecule has 7 heteroatoms. The van der Waals surface area contributed by atoms with E-state index < -0.39 is 21.7 Å². The van der Waals surface area contributed by atoms with Crippen LogP contribution in [0.2, 0.25) is 0 Å². The van der Waals surface area contributed by atoms with Gasteiger partial charge in [-0.2, -0.15) is 12.6 Å². The van der Waals surface area contributed by atoms with E-state index in [2.05, 4.69) is 19.6 Å². The molecule has 1 aromatic carbocycles. The largest absolute Gasteiger partial charge is 0.494 e. The van der Waals surface area contributed by atoms with Crippen LogP contribution in [-0.2, 0) is 14.6 Å². The second kappa shape index (κ2) is 8.29. The Bertz CT molecular complexity index is 555. The summed E-state index contributed by atoms with van der Waals surface area (Å²) in [6.07, 6.45) is 1.98. The van der Waals surface area contributed by atoms with Crippen molar-refractivity contribution in [2.24, 2.45) is 11.7 Å². The third-order valence-electron chi connectivity index (χ3n) is 2.99. The van der Waals surface area contributed by atoms with E-state index in [-0.39, 0.29) is 16.4 Å². The molecule has 1 atom stereocenters.